The fraction of sp³-hybridized carbons (Fsp3) is 0.600. The van der Waals surface area contributed by atoms with Crippen LogP contribution in [0, 0.1) is 11.8 Å². The lowest BCUT2D eigenvalue weighted by atomic mass is 9.90. The van der Waals surface area contributed by atoms with Crippen LogP contribution in [0.1, 0.15) is 31.2 Å². The summed E-state index contributed by atoms with van der Waals surface area (Å²) in [6.07, 6.45) is 4.92. The molecule has 0 aliphatic carbocycles. The van der Waals surface area contributed by atoms with Crippen LogP contribution < -0.4 is 5.32 Å². The van der Waals surface area contributed by atoms with Crippen LogP contribution in [0.5, 0.6) is 0 Å². The molecule has 0 saturated carbocycles. The molecule has 0 radical (unpaired) electrons. The quantitative estimate of drug-likeness (QED) is 0.889. The van der Waals surface area contributed by atoms with Crippen LogP contribution in [-0.4, -0.2) is 49.6 Å². The molecule has 2 aliphatic rings. The summed E-state index contributed by atoms with van der Waals surface area (Å²) in [5.41, 5.74) is 1.37. The molecular formula is C20H28N2O3. The predicted octanol–water partition coefficient (Wildman–Crippen LogP) is 2.01. The highest BCUT2D eigenvalue weighted by molar-refractivity contribution is 5.86. The molecule has 25 heavy (non-hydrogen) atoms. The molecule has 2 aliphatic heterocycles. The number of amides is 2. The molecule has 5 heteroatoms. The first kappa shape index (κ1) is 17.9. The van der Waals surface area contributed by atoms with Crippen molar-refractivity contribution in [2.75, 3.05) is 32.8 Å². The number of nitrogens with one attached hydrogen (secondary N) is 1. The Balaban J connectivity index is 1.37. The Bertz CT molecular complexity index is 562. The summed E-state index contributed by atoms with van der Waals surface area (Å²) in [6.45, 7) is 2.90. The van der Waals surface area contributed by atoms with E-state index >= 15 is 0 Å². The Morgan fingerprint density at radius 3 is 2.56 bits per heavy atom. The average molecular weight is 344 g/mol. The third-order valence-corrected chi connectivity index (χ3v) is 5.28. The Morgan fingerprint density at radius 1 is 1.12 bits per heavy atom. The molecule has 1 aromatic rings. The largest absolute Gasteiger partial charge is 0.381 e. The summed E-state index contributed by atoms with van der Waals surface area (Å²) in [5, 5.41) is 2.79. The number of carbonyl (C=O) groups excluding carboxylic acids is 2. The lowest BCUT2D eigenvalue weighted by Crippen LogP contribution is -2.46. The van der Waals surface area contributed by atoms with Crippen molar-refractivity contribution in [3.63, 3.8) is 0 Å². The zero-order chi connectivity index (χ0) is 17.5. The zero-order valence-corrected chi connectivity index (χ0v) is 14.8. The van der Waals surface area contributed by atoms with E-state index in [0.717, 1.165) is 51.8 Å². The van der Waals surface area contributed by atoms with E-state index in [1.807, 2.05) is 11.0 Å². The summed E-state index contributed by atoms with van der Waals surface area (Å²) in [4.78, 5) is 26.3. The molecule has 5 nitrogen and oxygen atoms in total. The first-order chi connectivity index (χ1) is 12.2. The van der Waals surface area contributed by atoms with E-state index in [-0.39, 0.29) is 24.3 Å². The van der Waals surface area contributed by atoms with Crippen LogP contribution in [0.25, 0.3) is 0 Å². The second kappa shape index (κ2) is 8.99. The maximum absolute atomic E-state index is 12.3. The summed E-state index contributed by atoms with van der Waals surface area (Å²) in [7, 11) is 0. The number of likely N-dealkylation sites (tertiary alicyclic amines) is 1. The molecule has 2 saturated heterocycles. The third kappa shape index (κ3) is 5.30. The van der Waals surface area contributed by atoms with Gasteiger partial charge >= 0.3 is 0 Å². The number of carbonyl (C=O) groups is 2. The van der Waals surface area contributed by atoms with Gasteiger partial charge in [-0.25, -0.2) is 0 Å². The monoisotopic (exact) mass is 344 g/mol. The van der Waals surface area contributed by atoms with Gasteiger partial charge in [-0.15, -0.1) is 0 Å². The Labute approximate surface area is 149 Å². The molecule has 2 fully saturated rings. The lowest BCUT2D eigenvalue weighted by Gasteiger charge is -2.32. The van der Waals surface area contributed by atoms with Crippen LogP contribution in [0.4, 0.5) is 0 Å². The summed E-state index contributed by atoms with van der Waals surface area (Å²) < 4.78 is 5.33. The van der Waals surface area contributed by atoms with Crippen molar-refractivity contribution in [1.29, 1.82) is 0 Å². The minimum absolute atomic E-state index is 0.0308. The molecule has 2 heterocycles. The second-order valence-electron chi connectivity index (χ2n) is 7.15. The third-order valence-electron chi connectivity index (χ3n) is 5.28. The van der Waals surface area contributed by atoms with Gasteiger partial charge in [0, 0.05) is 19.7 Å². The lowest BCUT2D eigenvalue weighted by molar-refractivity contribution is -0.136. The average Bonchev–Trinajstić information content (AvgIpc) is 2.68. The molecule has 1 aromatic carbocycles. The van der Waals surface area contributed by atoms with Gasteiger partial charge in [-0.1, -0.05) is 30.3 Å². The van der Waals surface area contributed by atoms with Crippen LogP contribution in [0.15, 0.2) is 30.3 Å². The normalized spacial score (nSPS) is 21.8. The number of hydrogen-bond acceptors (Lipinski definition) is 3. The van der Waals surface area contributed by atoms with Crippen molar-refractivity contribution < 1.29 is 14.3 Å². The minimum atomic E-state index is -0.0989. The van der Waals surface area contributed by atoms with Crippen molar-refractivity contribution in [3.8, 4) is 0 Å². The highest BCUT2D eigenvalue weighted by Crippen LogP contribution is 2.21. The fourth-order valence-corrected chi connectivity index (χ4v) is 3.70. The standard InChI is InChI=1S/C20H28N2O3/c23-19(14-21-20(24)18-7-4-12-25-15-18)22-10-8-17(9-11-22)13-16-5-2-1-3-6-16/h1-3,5-6,17-18H,4,7-15H2,(H,21,24)/t18-/m1/s1. The van der Waals surface area contributed by atoms with Gasteiger partial charge in [0.2, 0.25) is 11.8 Å². The van der Waals surface area contributed by atoms with E-state index < -0.39 is 0 Å². The number of nitrogens with zero attached hydrogens (tertiary/aromatic N) is 1. The summed E-state index contributed by atoms with van der Waals surface area (Å²) >= 11 is 0. The summed E-state index contributed by atoms with van der Waals surface area (Å²) in [5.74, 6) is 0.522. The molecule has 136 valence electrons. The van der Waals surface area contributed by atoms with Gasteiger partial charge in [0.05, 0.1) is 19.1 Å². The maximum atomic E-state index is 12.3. The zero-order valence-electron chi connectivity index (χ0n) is 14.8. The van der Waals surface area contributed by atoms with Crippen LogP contribution >= 0.6 is 0 Å². The predicted molar refractivity (Wildman–Crippen MR) is 96.0 cm³/mol. The highest BCUT2D eigenvalue weighted by Gasteiger charge is 2.25. The Hall–Kier alpha value is -1.88. The second-order valence-corrected chi connectivity index (χ2v) is 7.15. The van der Waals surface area contributed by atoms with E-state index in [1.165, 1.54) is 5.56 Å². The molecule has 1 atom stereocenters. The maximum Gasteiger partial charge on any atom is 0.241 e. The molecule has 0 unspecified atom stereocenters. The first-order valence-corrected chi connectivity index (χ1v) is 9.39. The van der Waals surface area contributed by atoms with Crippen molar-refractivity contribution in [3.05, 3.63) is 35.9 Å². The summed E-state index contributed by atoms with van der Waals surface area (Å²) in [6, 6.07) is 10.5. The Morgan fingerprint density at radius 2 is 1.88 bits per heavy atom. The molecule has 0 aromatic heterocycles. The van der Waals surface area contributed by atoms with Gasteiger partial charge in [-0.3, -0.25) is 9.59 Å². The van der Waals surface area contributed by atoms with Gasteiger partial charge in [0.15, 0.2) is 0 Å². The molecule has 2 amide bonds. The van der Waals surface area contributed by atoms with Gasteiger partial charge in [-0.05, 0) is 43.6 Å². The van der Waals surface area contributed by atoms with Crippen LogP contribution in [0.3, 0.4) is 0 Å². The molecule has 0 spiro atoms. The topological polar surface area (TPSA) is 58.6 Å². The highest BCUT2D eigenvalue weighted by atomic mass is 16.5. The number of ether oxygens (including phenoxy) is 1. The molecule has 0 bridgehead atoms. The minimum Gasteiger partial charge on any atom is -0.381 e. The van der Waals surface area contributed by atoms with E-state index in [1.54, 1.807) is 0 Å². The van der Waals surface area contributed by atoms with Gasteiger partial charge in [0.25, 0.3) is 0 Å². The SMILES string of the molecule is O=C(NCC(=O)N1CCC(Cc2ccccc2)CC1)[C@@H]1CCCOC1. The number of rotatable bonds is 5. The first-order valence-electron chi connectivity index (χ1n) is 9.39. The molecular weight excluding hydrogens is 316 g/mol. The van der Waals surface area contributed by atoms with E-state index in [9.17, 15) is 9.59 Å². The number of benzene rings is 1. The van der Waals surface area contributed by atoms with E-state index in [2.05, 4.69) is 29.6 Å². The number of piperidine rings is 1. The van der Waals surface area contributed by atoms with Gasteiger partial charge in [0.1, 0.15) is 0 Å². The molecule has 3 rings (SSSR count). The van der Waals surface area contributed by atoms with E-state index in [4.69, 9.17) is 4.74 Å². The smallest absolute Gasteiger partial charge is 0.241 e. The van der Waals surface area contributed by atoms with E-state index in [0.29, 0.717) is 12.5 Å². The Kier molecular flexibility index (Phi) is 6.45. The number of hydrogen-bond donors (Lipinski definition) is 1. The molecule has 1 N–H and O–H groups in total. The van der Waals surface area contributed by atoms with Crippen molar-refractivity contribution in [1.82, 2.24) is 10.2 Å². The van der Waals surface area contributed by atoms with Crippen LogP contribution in [0.2, 0.25) is 0 Å². The van der Waals surface area contributed by atoms with Crippen LogP contribution in [-0.2, 0) is 20.7 Å². The van der Waals surface area contributed by atoms with Crippen molar-refractivity contribution in [2.24, 2.45) is 11.8 Å². The van der Waals surface area contributed by atoms with Crippen molar-refractivity contribution in [2.45, 2.75) is 32.1 Å². The van der Waals surface area contributed by atoms with Gasteiger partial charge in [-0.2, -0.15) is 0 Å². The van der Waals surface area contributed by atoms with Crippen molar-refractivity contribution >= 4 is 11.8 Å². The van der Waals surface area contributed by atoms with Gasteiger partial charge < -0.3 is 15.0 Å². The fourth-order valence-electron chi connectivity index (χ4n) is 3.70.